The molecule has 2 rings (SSSR count). The van der Waals surface area contributed by atoms with Crippen molar-refractivity contribution in [1.82, 2.24) is 4.98 Å². The maximum Gasteiger partial charge on any atom is 0.355 e. The Morgan fingerprint density at radius 2 is 1.84 bits per heavy atom. The molecule has 0 aromatic carbocycles. The van der Waals surface area contributed by atoms with Gasteiger partial charge in [0.15, 0.2) is 5.69 Å². The lowest BCUT2D eigenvalue weighted by Gasteiger charge is -2.25. The second-order valence-corrected chi connectivity index (χ2v) is 7.77. The van der Waals surface area contributed by atoms with Crippen LogP contribution in [0.4, 0.5) is 0 Å². The molecule has 0 unspecified atom stereocenters. The van der Waals surface area contributed by atoms with Gasteiger partial charge < -0.3 is 5.11 Å². The van der Waals surface area contributed by atoms with E-state index in [4.69, 9.17) is 0 Å². The first kappa shape index (κ1) is 14.5. The van der Waals surface area contributed by atoms with Crippen LogP contribution in [-0.4, -0.2) is 16.1 Å². The van der Waals surface area contributed by atoms with E-state index in [-0.39, 0.29) is 5.41 Å². The molecule has 19 heavy (non-hydrogen) atoms. The quantitative estimate of drug-likeness (QED) is 0.872. The minimum Gasteiger partial charge on any atom is -0.476 e. The Balaban J connectivity index is 2.33. The van der Waals surface area contributed by atoms with Gasteiger partial charge in [-0.3, -0.25) is 0 Å². The standard InChI is InChI=1S/C15H23NO2S/c1-9-5-7-10(8-6-9)12-11(13(17)18)16-14(19-12)15(2,3)4/h9-10H,5-8H2,1-4H3,(H,17,18). The van der Waals surface area contributed by atoms with Gasteiger partial charge in [0.2, 0.25) is 0 Å². The third kappa shape index (κ3) is 3.16. The van der Waals surface area contributed by atoms with Gasteiger partial charge in [-0.05, 0) is 24.7 Å². The average Bonchev–Trinajstić information content (AvgIpc) is 2.74. The molecule has 1 aliphatic rings. The second kappa shape index (κ2) is 5.23. The molecule has 1 saturated carbocycles. The molecule has 0 amide bonds. The summed E-state index contributed by atoms with van der Waals surface area (Å²) in [5.74, 6) is 0.302. The first-order chi connectivity index (χ1) is 8.79. The molecule has 0 spiro atoms. The lowest BCUT2D eigenvalue weighted by atomic mass is 9.82. The summed E-state index contributed by atoms with van der Waals surface area (Å²) < 4.78 is 0. The van der Waals surface area contributed by atoms with Gasteiger partial charge in [-0.15, -0.1) is 11.3 Å². The minimum absolute atomic E-state index is 0.0743. The smallest absolute Gasteiger partial charge is 0.355 e. The monoisotopic (exact) mass is 281 g/mol. The van der Waals surface area contributed by atoms with Crippen LogP contribution in [-0.2, 0) is 5.41 Å². The number of aromatic carboxylic acids is 1. The number of carboxylic acids is 1. The van der Waals surface area contributed by atoms with Crippen LogP contribution in [0.2, 0.25) is 0 Å². The van der Waals surface area contributed by atoms with E-state index < -0.39 is 5.97 Å². The molecule has 1 heterocycles. The number of rotatable bonds is 2. The van der Waals surface area contributed by atoms with Gasteiger partial charge in [0.05, 0.1) is 5.01 Å². The fourth-order valence-electron chi connectivity index (χ4n) is 2.60. The highest BCUT2D eigenvalue weighted by Gasteiger charge is 2.30. The van der Waals surface area contributed by atoms with Crippen molar-refractivity contribution in [3.63, 3.8) is 0 Å². The molecular formula is C15H23NO2S. The SMILES string of the molecule is CC1CCC(c2sc(C(C)(C)C)nc2C(=O)O)CC1. The summed E-state index contributed by atoms with van der Waals surface area (Å²) in [6.07, 6.45) is 4.61. The molecule has 1 aliphatic carbocycles. The molecule has 3 nitrogen and oxygen atoms in total. The van der Waals surface area contributed by atoms with E-state index in [1.807, 2.05) is 0 Å². The highest BCUT2D eigenvalue weighted by Crippen LogP contribution is 2.41. The van der Waals surface area contributed by atoms with Gasteiger partial charge in [-0.1, -0.05) is 40.5 Å². The zero-order valence-electron chi connectivity index (χ0n) is 12.2. The van der Waals surface area contributed by atoms with E-state index in [1.165, 1.54) is 12.8 Å². The van der Waals surface area contributed by atoms with Crippen LogP contribution in [0.1, 0.15) is 79.7 Å². The molecule has 0 atom stereocenters. The van der Waals surface area contributed by atoms with Crippen molar-refractivity contribution in [2.45, 2.75) is 64.7 Å². The van der Waals surface area contributed by atoms with Crippen LogP contribution in [0.25, 0.3) is 0 Å². The van der Waals surface area contributed by atoms with E-state index in [9.17, 15) is 9.90 Å². The Bertz CT molecular complexity index is 465. The number of nitrogens with zero attached hydrogens (tertiary/aromatic N) is 1. The van der Waals surface area contributed by atoms with Crippen LogP contribution >= 0.6 is 11.3 Å². The zero-order chi connectivity index (χ0) is 14.2. The van der Waals surface area contributed by atoms with E-state index >= 15 is 0 Å². The fourth-order valence-corrected chi connectivity index (χ4v) is 3.89. The van der Waals surface area contributed by atoms with Crippen molar-refractivity contribution in [2.24, 2.45) is 5.92 Å². The average molecular weight is 281 g/mol. The van der Waals surface area contributed by atoms with Gasteiger partial charge >= 0.3 is 5.97 Å². The van der Waals surface area contributed by atoms with E-state index in [0.717, 1.165) is 28.6 Å². The minimum atomic E-state index is -0.875. The van der Waals surface area contributed by atoms with E-state index in [1.54, 1.807) is 11.3 Å². The normalized spacial score (nSPS) is 24.4. The summed E-state index contributed by atoms with van der Waals surface area (Å²) in [5.41, 5.74) is 0.226. The van der Waals surface area contributed by atoms with Gasteiger partial charge in [-0.25, -0.2) is 9.78 Å². The summed E-state index contributed by atoms with van der Waals surface area (Å²) in [5, 5.41) is 10.3. The third-order valence-electron chi connectivity index (χ3n) is 3.88. The molecule has 1 N–H and O–H groups in total. The van der Waals surface area contributed by atoms with Crippen LogP contribution in [0.15, 0.2) is 0 Å². The Morgan fingerprint density at radius 1 is 1.26 bits per heavy atom. The zero-order valence-corrected chi connectivity index (χ0v) is 13.0. The van der Waals surface area contributed by atoms with Crippen molar-refractivity contribution < 1.29 is 9.90 Å². The first-order valence-electron chi connectivity index (χ1n) is 7.03. The maximum atomic E-state index is 11.4. The largest absolute Gasteiger partial charge is 0.476 e. The van der Waals surface area contributed by atoms with Crippen molar-refractivity contribution in [3.8, 4) is 0 Å². The second-order valence-electron chi connectivity index (χ2n) is 6.74. The van der Waals surface area contributed by atoms with Crippen molar-refractivity contribution in [2.75, 3.05) is 0 Å². The summed E-state index contributed by atoms with van der Waals surface area (Å²) in [7, 11) is 0. The summed E-state index contributed by atoms with van der Waals surface area (Å²) >= 11 is 1.61. The molecule has 1 fully saturated rings. The van der Waals surface area contributed by atoms with Crippen molar-refractivity contribution in [3.05, 3.63) is 15.6 Å². The number of carboxylic acid groups (broad SMARTS) is 1. The molecule has 0 aliphatic heterocycles. The molecule has 0 radical (unpaired) electrons. The predicted molar refractivity (Wildman–Crippen MR) is 78.1 cm³/mol. The van der Waals surface area contributed by atoms with E-state index in [2.05, 4.69) is 32.7 Å². The molecule has 1 aromatic rings. The number of carbonyl (C=O) groups is 1. The first-order valence-corrected chi connectivity index (χ1v) is 7.85. The molecular weight excluding hydrogens is 258 g/mol. The highest BCUT2D eigenvalue weighted by molar-refractivity contribution is 7.12. The molecule has 4 heteroatoms. The van der Waals surface area contributed by atoms with Crippen molar-refractivity contribution >= 4 is 17.3 Å². The number of thiazole rings is 1. The maximum absolute atomic E-state index is 11.4. The topological polar surface area (TPSA) is 50.2 Å². The van der Waals surface area contributed by atoms with Gasteiger partial charge in [0.1, 0.15) is 0 Å². The van der Waals surface area contributed by atoms with Crippen LogP contribution in [0, 0.1) is 5.92 Å². The Kier molecular flexibility index (Phi) is 4.00. The van der Waals surface area contributed by atoms with Gasteiger partial charge in [0, 0.05) is 10.3 Å². The van der Waals surface area contributed by atoms with Gasteiger partial charge in [-0.2, -0.15) is 0 Å². The number of aromatic nitrogens is 1. The Hall–Kier alpha value is -0.900. The van der Waals surface area contributed by atoms with E-state index in [0.29, 0.717) is 11.6 Å². The molecule has 0 saturated heterocycles. The number of hydrogen-bond donors (Lipinski definition) is 1. The molecule has 1 aromatic heterocycles. The predicted octanol–water partition coefficient (Wildman–Crippen LogP) is 4.43. The van der Waals surface area contributed by atoms with Crippen molar-refractivity contribution in [1.29, 1.82) is 0 Å². The summed E-state index contributed by atoms with van der Waals surface area (Å²) in [4.78, 5) is 16.8. The fraction of sp³-hybridized carbons (Fsp3) is 0.733. The van der Waals surface area contributed by atoms with Gasteiger partial charge in [0.25, 0.3) is 0 Å². The van der Waals surface area contributed by atoms with Crippen LogP contribution < -0.4 is 0 Å². The summed E-state index contributed by atoms with van der Waals surface area (Å²) in [6.45, 7) is 8.54. The third-order valence-corrected chi connectivity index (χ3v) is 5.53. The Labute approximate surface area is 119 Å². The lowest BCUT2D eigenvalue weighted by Crippen LogP contribution is -2.13. The van der Waals surface area contributed by atoms with Crippen LogP contribution in [0.5, 0.6) is 0 Å². The van der Waals surface area contributed by atoms with Crippen LogP contribution in [0.3, 0.4) is 0 Å². The molecule has 106 valence electrons. The lowest BCUT2D eigenvalue weighted by molar-refractivity contribution is 0.0689. The number of hydrogen-bond acceptors (Lipinski definition) is 3. The summed E-state index contributed by atoms with van der Waals surface area (Å²) in [6, 6.07) is 0. The molecule has 0 bridgehead atoms. The Morgan fingerprint density at radius 3 is 2.32 bits per heavy atom. The highest BCUT2D eigenvalue weighted by atomic mass is 32.1.